The Bertz CT molecular complexity index is 449. The van der Waals surface area contributed by atoms with Gasteiger partial charge in [0, 0.05) is 27.0 Å². The predicted molar refractivity (Wildman–Crippen MR) is 78.9 cm³/mol. The monoisotopic (exact) mass is 331 g/mol. The Morgan fingerprint density at radius 2 is 2.17 bits per heavy atom. The molecular weight excluding hydrogens is 314 g/mol. The first kappa shape index (κ1) is 14.3. The Balaban J connectivity index is 2.07. The van der Waals surface area contributed by atoms with Crippen molar-refractivity contribution in [3.63, 3.8) is 0 Å². The number of aliphatic hydroxyl groups excluding tert-OH is 1. The summed E-state index contributed by atoms with van der Waals surface area (Å²) >= 11 is 9.66. The zero-order chi connectivity index (χ0) is 13.5. The van der Waals surface area contributed by atoms with Gasteiger partial charge in [-0.05, 0) is 31.0 Å². The van der Waals surface area contributed by atoms with Crippen molar-refractivity contribution in [3.05, 3.63) is 33.3 Å². The first-order valence-electron chi connectivity index (χ1n) is 6.21. The second-order valence-electron chi connectivity index (χ2n) is 5.68. The molecule has 0 amide bonds. The summed E-state index contributed by atoms with van der Waals surface area (Å²) < 4.78 is 0.989. The lowest BCUT2D eigenvalue weighted by Gasteiger charge is -2.50. The average Bonchev–Trinajstić information content (AvgIpc) is 2.28. The molecule has 3 atom stereocenters. The highest BCUT2D eigenvalue weighted by atomic mass is 79.9. The van der Waals surface area contributed by atoms with E-state index in [-0.39, 0.29) is 17.6 Å². The van der Waals surface area contributed by atoms with Gasteiger partial charge in [0.2, 0.25) is 0 Å². The molecule has 0 heterocycles. The van der Waals surface area contributed by atoms with Crippen molar-refractivity contribution >= 4 is 27.5 Å². The Morgan fingerprint density at radius 1 is 1.50 bits per heavy atom. The predicted octanol–water partition coefficient (Wildman–Crippen LogP) is 3.91. The van der Waals surface area contributed by atoms with Gasteiger partial charge in [-0.2, -0.15) is 0 Å². The van der Waals surface area contributed by atoms with Gasteiger partial charge in [0.1, 0.15) is 0 Å². The molecule has 3 unspecified atom stereocenters. The van der Waals surface area contributed by atoms with Crippen LogP contribution in [0.2, 0.25) is 5.02 Å². The van der Waals surface area contributed by atoms with Crippen LogP contribution in [0.1, 0.15) is 38.8 Å². The summed E-state index contributed by atoms with van der Waals surface area (Å²) in [6, 6.07) is 6.46. The Hall–Kier alpha value is -0.0900. The molecule has 0 bridgehead atoms. The van der Waals surface area contributed by atoms with E-state index in [1.54, 1.807) is 0 Å². The molecule has 4 heteroatoms. The minimum Gasteiger partial charge on any atom is -0.392 e. The largest absolute Gasteiger partial charge is 0.392 e. The zero-order valence-electron chi connectivity index (χ0n) is 10.9. The molecule has 2 rings (SSSR count). The molecule has 1 fully saturated rings. The second-order valence-corrected chi connectivity index (χ2v) is 7.00. The maximum absolute atomic E-state index is 9.75. The molecule has 1 aromatic rings. The Labute approximate surface area is 122 Å². The number of benzene rings is 1. The molecule has 1 aliphatic rings. The van der Waals surface area contributed by atoms with Crippen LogP contribution in [0.5, 0.6) is 0 Å². The van der Waals surface area contributed by atoms with Gasteiger partial charge in [0.05, 0.1) is 6.10 Å². The first-order valence-corrected chi connectivity index (χ1v) is 7.38. The molecule has 2 nitrogen and oxygen atoms in total. The smallest absolute Gasteiger partial charge is 0.0621 e. The molecule has 0 aliphatic heterocycles. The molecule has 0 spiro atoms. The Kier molecular flexibility index (Phi) is 4.07. The van der Waals surface area contributed by atoms with Crippen LogP contribution >= 0.6 is 27.5 Å². The van der Waals surface area contributed by atoms with Gasteiger partial charge >= 0.3 is 0 Å². The van der Waals surface area contributed by atoms with E-state index in [0.717, 1.165) is 21.5 Å². The molecule has 0 saturated heterocycles. The number of hydrogen-bond donors (Lipinski definition) is 2. The minimum atomic E-state index is -0.206. The number of rotatable bonds is 3. The van der Waals surface area contributed by atoms with Gasteiger partial charge in [-0.25, -0.2) is 0 Å². The van der Waals surface area contributed by atoms with Gasteiger partial charge in [-0.15, -0.1) is 0 Å². The van der Waals surface area contributed by atoms with Crippen LogP contribution in [0, 0.1) is 5.41 Å². The fourth-order valence-corrected chi connectivity index (χ4v) is 3.27. The van der Waals surface area contributed by atoms with Crippen molar-refractivity contribution in [1.29, 1.82) is 0 Å². The van der Waals surface area contributed by atoms with Crippen LogP contribution in [-0.4, -0.2) is 17.3 Å². The fourth-order valence-electron chi connectivity index (χ4n) is 2.43. The Morgan fingerprint density at radius 3 is 2.67 bits per heavy atom. The number of aliphatic hydroxyl groups is 1. The van der Waals surface area contributed by atoms with Gasteiger partial charge < -0.3 is 10.4 Å². The molecule has 100 valence electrons. The molecule has 1 saturated carbocycles. The van der Waals surface area contributed by atoms with E-state index >= 15 is 0 Å². The lowest BCUT2D eigenvalue weighted by molar-refractivity contribution is -0.0754. The molecule has 0 aromatic heterocycles. The van der Waals surface area contributed by atoms with E-state index in [1.807, 2.05) is 18.2 Å². The molecular formula is C14H19BrClNO. The molecule has 0 radical (unpaired) electrons. The van der Waals surface area contributed by atoms with E-state index in [4.69, 9.17) is 11.6 Å². The topological polar surface area (TPSA) is 32.3 Å². The van der Waals surface area contributed by atoms with Crippen molar-refractivity contribution in [1.82, 2.24) is 5.32 Å². The lowest BCUT2D eigenvalue weighted by Crippen LogP contribution is -2.60. The third-order valence-corrected chi connectivity index (χ3v) is 4.92. The highest BCUT2D eigenvalue weighted by Crippen LogP contribution is 2.41. The minimum absolute atomic E-state index is 0.0594. The second kappa shape index (κ2) is 5.12. The fraction of sp³-hybridized carbons (Fsp3) is 0.571. The van der Waals surface area contributed by atoms with Crippen LogP contribution in [0.3, 0.4) is 0 Å². The van der Waals surface area contributed by atoms with Crippen LogP contribution in [0.4, 0.5) is 0 Å². The van der Waals surface area contributed by atoms with Crippen LogP contribution in [0.25, 0.3) is 0 Å². The third-order valence-electron chi connectivity index (χ3n) is 4.10. The summed E-state index contributed by atoms with van der Waals surface area (Å²) in [7, 11) is 0. The van der Waals surface area contributed by atoms with E-state index in [0.29, 0.717) is 6.04 Å². The van der Waals surface area contributed by atoms with E-state index in [9.17, 15) is 5.11 Å². The highest BCUT2D eigenvalue weighted by molar-refractivity contribution is 9.10. The van der Waals surface area contributed by atoms with Gasteiger partial charge in [0.15, 0.2) is 0 Å². The molecule has 2 N–H and O–H groups in total. The normalized spacial score (nSPS) is 27.7. The quantitative estimate of drug-likeness (QED) is 0.879. The van der Waals surface area contributed by atoms with E-state index < -0.39 is 0 Å². The van der Waals surface area contributed by atoms with Crippen LogP contribution < -0.4 is 5.32 Å². The maximum atomic E-state index is 9.75. The van der Waals surface area contributed by atoms with E-state index in [1.165, 1.54) is 0 Å². The lowest BCUT2D eigenvalue weighted by atomic mass is 9.64. The van der Waals surface area contributed by atoms with Gasteiger partial charge in [-0.3, -0.25) is 0 Å². The van der Waals surface area contributed by atoms with Crippen molar-refractivity contribution in [2.45, 2.75) is 45.4 Å². The SMILES string of the molecule is CC(NC1CC(O)C1(C)C)c1ccc(Br)cc1Cl. The summed E-state index contributed by atoms with van der Waals surface area (Å²) in [5, 5.41) is 14.1. The maximum Gasteiger partial charge on any atom is 0.0621 e. The van der Waals surface area contributed by atoms with Crippen LogP contribution in [0.15, 0.2) is 22.7 Å². The third kappa shape index (κ3) is 2.60. The van der Waals surface area contributed by atoms with Gasteiger partial charge in [-0.1, -0.05) is 47.4 Å². The van der Waals surface area contributed by atoms with Crippen molar-refractivity contribution in [2.75, 3.05) is 0 Å². The van der Waals surface area contributed by atoms with Crippen molar-refractivity contribution < 1.29 is 5.11 Å². The number of nitrogens with one attached hydrogen (secondary N) is 1. The highest BCUT2D eigenvalue weighted by Gasteiger charge is 2.47. The number of halogens is 2. The summed E-state index contributed by atoms with van der Waals surface area (Å²) in [6.07, 6.45) is 0.605. The average molecular weight is 333 g/mol. The van der Waals surface area contributed by atoms with Crippen molar-refractivity contribution in [3.8, 4) is 0 Å². The number of hydrogen-bond acceptors (Lipinski definition) is 2. The summed E-state index contributed by atoms with van der Waals surface area (Å²) in [4.78, 5) is 0. The van der Waals surface area contributed by atoms with E-state index in [2.05, 4.69) is 42.0 Å². The molecule has 1 aromatic carbocycles. The van der Waals surface area contributed by atoms with Crippen LogP contribution in [-0.2, 0) is 0 Å². The zero-order valence-corrected chi connectivity index (χ0v) is 13.2. The standard InChI is InChI=1S/C14H19BrClNO/c1-8(10-5-4-9(15)6-11(10)16)17-12-7-13(18)14(12,2)3/h4-6,8,12-13,17-18H,7H2,1-3H3. The molecule has 1 aliphatic carbocycles. The summed E-state index contributed by atoms with van der Waals surface area (Å²) in [5.74, 6) is 0. The first-order chi connectivity index (χ1) is 8.32. The van der Waals surface area contributed by atoms with Gasteiger partial charge in [0.25, 0.3) is 0 Å². The molecule has 18 heavy (non-hydrogen) atoms. The summed E-state index contributed by atoms with van der Waals surface area (Å²) in [5.41, 5.74) is 1.04. The van der Waals surface area contributed by atoms with Crippen molar-refractivity contribution in [2.24, 2.45) is 5.41 Å². The summed E-state index contributed by atoms with van der Waals surface area (Å²) in [6.45, 7) is 6.29.